The first-order valence-electron chi connectivity index (χ1n) is 10.4. The van der Waals surface area contributed by atoms with Gasteiger partial charge in [0, 0.05) is 5.41 Å². The van der Waals surface area contributed by atoms with Crippen molar-refractivity contribution in [3.05, 3.63) is 89.5 Å². The molecule has 3 aromatic rings. The van der Waals surface area contributed by atoms with Crippen LogP contribution in [-0.2, 0) is 12.8 Å². The Hall–Kier alpha value is -2.72. The number of aromatic nitrogens is 2. The third-order valence-electron chi connectivity index (χ3n) is 6.64. The van der Waals surface area contributed by atoms with Gasteiger partial charge in [-0.1, -0.05) is 42.8 Å². The van der Waals surface area contributed by atoms with Crippen molar-refractivity contribution in [2.75, 3.05) is 0 Å². The standard InChI is InChI=1S/C25H25FN2O/c26-21-8-10-22(11-9-21)28-23-12-14-25(16-20(23)17-27-28)13-4-7-19(24(25)29)15-18-5-2-1-3-6-18/h1-3,5-6,8-12,14,17,19,24,29H,4,7,13,15-16H2/t19-,24+,25-/m1/s1. The third kappa shape index (κ3) is 3.32. The molecule has 0 saturated heterocycles. The number of halogens is 1. The van der Waals surface area contributed by atoms with E-state index in [9.17, 15) is 9.50 Å². The van der Waals surface area contributed by atoms with Crippen LogP contribution in [0.2, 0.25) is 0 Å². The monoisotopic (exact) mass is 388 g/mol. The lowest BCUT2D eigenvalue weighted by Crippen LogP contribution is -2.45. The summed E-state index contributed by atoms with van der Waals surface area (Å²) in [5.74, 6) is 0.0172. The summed E-state index contributed by atoms with van der Waals surface area (Å²) < 4.78 is 15.1. The van der Waals surface area contributed by atoms with Gasteiger partial charge in [-0.25, -0.2) is 9.07 Å². The fourth-order valence-electron chi connectivity index (χ4n) is 5.13. The van der Waals surface area contributed by atoms with E-state index in [0.29, 0.717) is 0 Å². The summed E-state index contributed by atoms with van der Waals surface area (Å²) in [6.07, 6.45) is 10.7. The van der Waals surface area contributed by atoms with Crippen LogP contribution in [0.3, 0.4) is 0 Å². The van der Waals surface area contributed by atoms with Gasteiger partial charge >= 0.3 is 0 Å². The molecule has 1 saturated carbocycles. The number of hydrogen-bond acceptors (Lipinski definition) is 2. The van der Waals surface area contributed by atoms with E-state index in [4.69, 9.17) is 0 Å². The van der Waals surface area contributed by atoms with Crippen LogP contribution < -0.4 is 0 Å². The molecule has 0 unspecified atom stereocenters. The molecule has 148 valence electrons. The van der Waals surface area contributed by atoms with E-state index in [-0.39, 0.29) is 23.3 Å². The Morgan fingerprint density at radius 1 is 1.10 bits per heavy atom. The quantitative estimate of drug-likeness (QED) is 0.688. The topological polar surface area (TPSA) is 38.1 Å². The van der Waals surface area contributed by atoms with Crippen LogP contribution in [0.25, 0.3) is 11.8 Å². The van der Waals surface area contributed by atoms with Crippen LogP contribution in [0.15, 0.2) is 66.9 Å². The lowest BCUT2D eigenvalue weighted by atomic mass is 9.62. The number of rotatable bonds is 3. The number of hydrogen-bond donors (Lipinski definition) is 1. The Morgan fingerprint density at radius 3 is 2.69 bits per heavy atom. The Kier molecular flexibility index (Phi) is 4.59. The van der Waals surface area contributed by atoms with Crippen molar-refractivity contribution < 1.29 is 9.50 Å². The van der Waals surface area contributed by atoms with Gasteiger partial charge in [0.25, 0.3) is 0 Å². The lowest BCUT2D eigenvalue weighted by Gasteiger charge is -2.45. The average Bonchev–Trinajstić information content (AvgIpc) is 3.16. The summed E-state index contributed by atoms with van der Waals surface area (Å²) in [4.78, 5) is 0. The van der Waals surface area contributed by atoms with Crippen molar-refractivity contribution >= 4 is 6.08 Å². The number of aliphatic hydroxyl groups is 1. The molecule has 1 heterocycles. The number of benzene rings is 2. The summed E-state index contributed by atoms with van der Waals surface area (Å²) in [6.45, 7) is 0. The van der Waals surface area contributed by atoms with E-state index < -0.39 is 0 Å². The number of aliphatic hydroxyl groups excluding tert-OH is 1. The second kappa shape index (κ2) is 7.27. The van der Waals surface area contributed by atoms with Crippen molar-refractivity contribution in [2.24, 2.45) is 11.3 Å². The van der Waals surface area contributed by atoms with Crippen LogP contribution in [0.4, 0.5) is 4.39 Å². The summed E-state index contributed by atoms with van der Waals surface area (Å²) >= 11 is 0. The van der Waals surface area contributed by atoms with Crippen LogP contribution >= 0.6 is 0 Å². The fraction of sp³-hybridized carbons (Fsp3) is 0.320. The molecule has 0 bridgehead atoms. The highest BCUT2D eigenvalue weighted by molar-refractivity contribution is 5.57. The minimum Gasteiger partial charge on any atom is -0.392 e. The largest absolute Gasteiger partial charge is 0.392 e. The van der Waals surface area contributed by atoms with Gasteiger partial charge in [-0.15, -0.1) is 0 Å². The first-order valence-corrected chi connectivity index (χ1v) is 10.4. The van der Waals surface area contributed by atoms with Crippen LogP contribution in [0.5, 0.6) is 0 Å². The van der Waals surface area contributed by atoms with Crippen molar-refractivity contribution in [3.8, 4) is 5.69 Å². The predicted octanol–water partition coefficient (Wildman–Crippen LogP) is 4.97. The second-order valence-corrected chi connectivity index (χ2v) is 8.47. The van der Waals surface area contributed by atoms with Gasteiger partial charge in [0.15, 0.2) is 0 Å². The van der Waals surface area contributed by atoms with Gasteiger partial charge in [0.1, 0.15) is 5.82 Å². The molecule has 2 aliphatic rings. The first kappa shape index (κ1) is 18.3. The molecule has 0 amide bonds. The van der Waals surface area contributed by atoms with Crippen molar-refractivity contribution in [3.63, 3.8) is 0 Å². The van der Waals surface area contributed by atoms with E-state index in [2.05, 4.69) is 41.5 Å². The Bertz CT molecular complexity index is 1020. The van der Waals surface area contributed by atoms with Crippen molar-refractivity contribution in [2.45, 2.75) is 38.2 Å². The maximum Gasteiger partial charge on any atom is 0.123 e. The first-order chi connectivity index (χ1) is 14.1. The minimum atomic E-state index is -0.366. The lowest BCUT2D eigenvalue weighted by molar-refractivity contribution is -0.0253. The van der Waals surface area contributed by atoms with Crippen LogP contribution in [-0.4, -0.2) is 21.0 Å². The molecule has 3 nitrogen and oxygen atoms in total. The van der Waals surface area contributed by atoms with Gasteiger partial charge in [-0.3, -0.25) is 0 Å². The van der Waals surface area contributed by atoms with Crippen LogP contribution in [0, 0.1) is 17.2 Å². The normalized spacial score (nSPS) is 25.9. The molecule has 4 heteroatoms. The minimum absolute atomic E-state index is 0.221. The molecular weight excluding hydrogens is 363 g/mol. The molecule has 2 aromatic carbocycles. The predicted molar refractivity (Wildman–Crippen MR) is 112 cm³/mol. The smallest absolute Gasteiger partial charge is 0.123 e. The molecule has 29 heavy (non-hydrogen) atoms. The van der Waals surface area contributed by atoms with Gasteiger partial charge in [0.05, 0.1) is 23.7 Å². The zero-order valence-corrected chi connectivity index (χ0v) is 16.3. The summed E-state index contributed by atoms with van der Waals surface area (Å²) in [5, 5.41) is 15.9. The maximum absolute atomic E-state index is 13.3. The fourth-order valence-corrected chi connectivity index (χ4v) is 5.13. The van der Waals surface area contributed by atoms with Crippen molar-refractivity contribution in [1.29, 1.82) is 0 Å². The molecule has 1 fully saturated rings. The SMILES string of the molecule is O[C@H]1[C@@H](Cc2ccccc2)CCC[C@]12C=Cc1c(cnn1-c1ccc(F)cc1)C2. The Balaban J connectivity index is 1.41. The second-order valence-electron chi connectivity index (χ2n) is 8.47. The van der Waals surface area contributed by atoms with E-state index in [1.54, 1.807) is 12.1 Å². The zero-order valence-electron chi connectivity index (χ0n) is 16.3. The van der Waals surface area contributed by atoms with Gasteiger partial charge in [-0.2, -0.15) is 5.10 Å². The summed E-state index contributed by atoms with van der Waals surface area (Å²) in [6, 6.07) is 16.9. The molecule has 1 N–H and O–H groups in total. The highest BCUT2D eigenvalue weighted by atomic mass is 19.1. The van der Waals surface area contributed by atoms with Crippen molar-refractivity contribution in [1.82, 2.24) is 9.78 Å². The summed E-state index contributed by atoms with van der Waals surface area (Å²) in [7, 11) is 0. The van der Waals surface area contributed by atoms with Crippen LogP contribution in [0.1, 0.15) is 36.1 Å². The highest BCUT2D eigenvalue weighted by Gasteiger charge is 2.45. The molecule has 0 aliphatic heterocycles. The molecular formula is C25H25FN2O. The number of nitrogens with zero attached hydrogens (tertiary/aromatic N) is 2. The maximum atomic E-state index is 13.3. The Labute approximate surface area is 170 Å². The highest BCUT2D eigenvalue weighted by Crippen LogP contribution is 2.47. The van der Waals surface area contributed by atoms with Gasteiger partial charge in [-0.05, 0) is 73.1 Å². The zero-order chi connectivity index (χ0) is 19.8. The molecule has 2 aliphatic carbocycles. The van der Waals surface area contributed by atoms with E-state index >= 15 is 0 Å². The molecule has 1 spiro atoms. The average molecular weight is 388 g/mol. The third-order valence-corrected chi connectivity index (χ3v) is 6.64. The van der Waals surface area contributed by atoms with E-state index in [1.807, 2.05) is 16.9 Å². The van der Waals surface area contributed by atoms with E-state index in [0.717, 1.165) is 49.0 Å². The van der Waals surface area contributed by atoms with Gasteiger partial charge < -0.3 is 5.11 Å². The number of fused-ring (bicyclic) bond motifs is 1. The van der Waals surface area contributed by atoms with Gasteiger partial charge in [0.2, 0.25) is 0 Å². The molecule has 1 aromatic heterocycles. The Morgan fingerprint density at radius 2 is 1.90 bits per heavy atom. The molecule has 5 rings (SSSR count). The molecule has 0 radical (unpaired) electrons. The van der Waals surface area contributed by atoms with E-state index in [1.165, 1.54) is 17.7 Å². The molecule has 3 atom stereocenters. The summed E-state index contributed by atoms with van der Waals surface area (Å²) in [5.41, 5.74) is 4.09.